The monoisotopic (exact) mass is 351 g/mol. The first-order valence-electron chi connectivity index (χ1n) is 7.19. The number of ether oxygens (including phenoxy) is 2. The molecular formula is C14H16F3NO4S. The summed E-state index contributed by atoms with van der Waals surface area (Å²) in [5.74, 6) is -0.782. The molecule has 0 atom stereocenters. The van der Waals surface area contributed by atoms with Gasteiger partial charge in [0.1, 0.15) is 0 Å². The van der Waals surface area contributed by atoms with Crippen LogP contribution in [0.2, 0.25) is 0 Å². The lowest BCUT2D eigenvalue weighted by Gasteiger charge is -2.37. The SMILES string of the molecule is O=S(=O)(c1ccccc1C(F)(F)F)N1CCC2(CC1)OCCO2. The van der Waals surface area contributed by atoms with Crippen LogP contribution in [-0.4, -0.2) is 44.8 Å². The fraction of sp³-hybridized carbons (Fsp3) is 0.571. The Morgan fingerprint density at radius 2 is 1.61 bits per heavy atom. The summed E-state index contributed by atoms with van der Waals surface area (Å²) in [4.78, 5) is -0.711. The number of sulfonamides is 1. The van der Waals surface area contributed by atoms with Crippen LogP contribution in [0.3, 0.4) is 0 Å². The topological polar surface area (TPSA) is 55.8 Å². The Hall–Kier alpha value is -1.16. The van der Waals surface area contributed by atoms with Crippen molar-refractivity contribution in [2.45, 2.75) is 29.7 Å². The highest BCUT2D eigenvalue weighted by molar-refractivity contribution is 7.89. The molecule has 0 amide bonds. The third kappa shape index (κ3) is 3.10. The Labute approximate surface area is 132 Å². The smallest absolute Gasteiger partial charge is 0.347 e. The molecular weight excluding hydrogens is 335 g/mol. The zero-order valence-corrected chi connectivity index (χ0v) is 13.0. The molecule has 0 aromatic heterocycles. The standard InChI is InChI=1S/C14H16F3NO4S/c15-14(16,17)11-3-1-2-4-12(11)23(19,20)18-7-5-13(6-8-18)21-9-10-22-13/h1-4H,5-10H2. The predicted octanol–water partition coefficient (Wildman–Crippen LogP) is 2.23. The third-order valence-corrected chi connectivity index (χ3v) is 6.06. The zero-order chi connectivity index (χ0) is 16.7. The van der Waals surface area contributed by atoms with Crippen LogP contribution in [0, 0.1) is 0 Å². The number of hydrogen-bond donors (Lipinski definition) is 0. The molecule has 0 saturated carbocycles. The summed E-state index contributed by atoms with van der Waals surface area (Å²) < 4.78 is 76.5. The highest BCUT2D eigenvalue weighted by atomic mass is 32.2. The molecule has 128 valence electrons. The lowest BCUT2D eigenvalue weighted by atomic mass is 10.1. The van der Waals surface area contributed by atoms with Gasteiger partial charge in [-0.15, -0.1) is 0 Å². The summed E-state index contributed by atoms with van der Waals surface area (Å²) in [5.41, 5.74) is -1.14. The van der Waals surface area contributed by atoms with Crippen molar-refractivity contribution in [3.05, 3.63) is 29.8 Å². The molecule has 1 aromatic rings. The average molecular weight is 351 g/mol. The maximum Gasteiger partial charge on any atom is 0.417 e. The highest BCUT2D eigenvalue weighted by Gasteiger charge is 2.44. The van der Waals surface area contributed by atoms with E-state index < -0.39 is 32.4 Å². The van der Waals surface area contributed by atoms with Crippen LogP contribution in [0.15, 0.2) is 29.2 Å². The second kappa shape index (κ2) is 5.73. The summed E-state index contributed by atoms with van der Waals surface area (Å²) in [7, 11) is -4.22. The van der Waals surface area contributed by atoms with Gasteiger partial charge in [-0.3, -0.25) is 0 Å². The van der Waals surface area contributed by atoms with Gasteiger partial charge in [-0.1, -0.05) is 12.1 Å². The number of alkyl halides is 3. The second-order valence-electron chi connectivity index (χ2n) is 5.51. The first-order valence-corrected chi connectivity index (χ1v) is 8.63. The van der Waals surface area contributed by atoms with E-state index in [0.29, 0.717) is 26.1 Å². The molecule has 23 heavy (non-hydrogen) atoms. The maximum atomic E-state index is 13.1. The first kappa shape index (κ1) is 16.7. The van der Waals surface area contributed by atoms with E-state index in [2.05, 4.69) is 0 Å². The van der Waals surface area contributed by atoms with Gasteiger partial charge in [0.15, 0.2) is 5.79 Å². The van der Waals surface area contributed by atoms with E-state index in [1.807, 2.05) is 0 Å². The van der Waals surface area contributed by atoms with Gasteiger partial charge in [-0.05, 0) is 12.1 Å². The minimum absolute atomic E-state index is 0.0640. The number of piperidine rings is 1. The summed E-state index contributed by atoms with van der Waals surface area (Å²) >= 11 is 0. The normalized spacial score (nSPS) is 22.6. The van der Waals surface area contributed by atoms with Gasteiger partial charge in [-0.2, -0.15) is 17.5 Å². The van der Waals surface area contributed by atoms with E-state index in [-0.39, 0.29) is 13.1 Å². The molecule has 2 saturated heterocycles. The predicted molar refractivity (Wildman–Crippen MR) is 74.1 cm³/mol. The summed E-state index contributed by atoms with van der Waals surface area (Å²) in [6.07, 6.45) is -4.11. The van der Waals surface area contributed by atoms with E-state index >= 15 is 0 Å². The van der Waals surface area contributed by atoms with E-state index in [0.717, 1.165) is 16.4 Å². The summed E-state index contributed by atoms with van der Waals surface area (Å²) in [6.45, 7) is 1.02. The molecule has 0 aliphatic carbocycles. The van der Waals surface area contributed by atoms with Crippen LogP contribution in [0.5, 0.6) is 0 Å². The number of rotatable bonds is 2. The Morgan fingerprint density at radius 1 is 1.04 bits per heavy atom. The Bertz CT molecular complexity index is 674. The maximum absolute atomic E-state index is 13.1. The quantitative estimate of drug-likeness (QED) is 0.820. The van der Waals surface area contributed by atoms with Gasteiger partial charge >= 0.3 is 6.18 Å². The molecule has 0 bridgehead atoms. The van der Waals surface area contributed by atoms with Gasteiger partial charge in [0, 0.05) is 25.9 Å². The lowest BCUT2D eigenvalue weighted by molar-refractivity contribution is -0.179. The molecule has 3 rings (SSSR count). The van der Waals surface area contributed by atoms with Crippen molar-refractivity contribution in [1.29, 1.82) is 0 Å². The number of halogens is 3. The number of benzene rings is 1. The van der Waals surface area contributed by atoms with Crippen LogP contribution >= 0.6 is 0 Å². The van der Waals surface area contributed by atoms with Crippen molar-refractivity contribution in [3.8, 4) is 0 Å². The van der Waals surface area contributed by atoms with Crippen LogP contribution in [0.25, 0.3) is 0 Å². The number of nitrogens with zero attached hydrogens (tertiary/aromatic N) is 1. The Kier molecular flexibility index (Phi) is 4.16. The molecule has 1 aromatic carbocycles. The summed E-state index contributed by atoms with van der Waals surface area (Å²) in [5, 5.41) is 0. The van der Waals surface area contributed by atoms with Gasteiger partial charge < -0.3 is 9.47 Å². The van der Waals surface area contributed by atoms with E-state index in [1.165, 1.54) is 12.1 Å². The molecule has 0 N–H and O–H groups in total. The fourth-order valence-corrected chi connectivity index (χ4v) is 4.57. The van der Waals surface area contributed by atoms with E-state index in [4.69, 9.17) is 9.47 Å². The van der Waals surface area contributed by atoms with Crippen molar-refractivity contribution >= 4 is 10.0 Å². The zero-order valence-electron chi connectivity index (χ0n) is 12.2. The second-order valence-corrected chi connectivity index (χ2v) is 7.41. The van der Waals surface area contributed by atoms with E-state index in [9.17, 15) is 21.6 Å². The van der Waals surface area contributed by atoms with Crippen molar-refractivity contribution in [1.82, 2.24) is 4.31 Å². The minimum Gasteiger partial charge on any atom is -0.347 e. The van der Waals surface area contributed by atoms with Crippen LogP contribution in [0.1, 0.15) is 18.4 Å². The third-order valence-electron chi connectivity index (χ3n) is 4.11. The van der Waals surface area contributed by atoms with E-state index in [1.54, 1.807) is 0 Å². The highest BCUT2D eigenvalue weighted by Crippen LogP contribution is 2.37. The average Bonchev–Trinajstić information content (AvgIpc) is 2.95. The van der Waals surface area contributed by atoms with Gasteiger partial charge in [0.25, 0.3) is 0 Å². The van der Waals surface area contributed by atoms with Crippen molar-refractivity contribution in [2.24, 2.45) is 0 Å². The molecule has 5 nitrogen and oxygen atoms in total. The Morgan fingerprint density at radius 3 is 2.17 bits per heavy atom. The molecule has 0 unspecified atom stereocenters. The lowest BCUT2D eigenvalue weighted by Crippen LogP contribution is -2.47. The molecule has 0 radical (unpaired) electrons. The number of hydrogen-bond acceptors (Lipinski definition) is 4. The van der Waals surface area contributed by atoms with Crippen molar-refractivity contribution in [3.63, 3.8) is 0 Å². The van der Waals surface area contributed by atoms with Crippen molar-refractivity contribution in [2.75, 3.05) is 26.3 Å². The van der Waals surface area contributed by atoms with Crippen molar-refractivity contribution < 1.29 is 31.1 Å². The summed E-state index contributed by atoms with van der Waals surface area (Å²) in [6, 6.07) is 4.23. The van der Waals surface area contributed by atoms with Gasteiger partial charge in [0.05, 0.1) is 23.7 Å². The molecule has 9 heteroatoms. The van der Waals surface area contributed by atoms with Crippen LogP contribution < -0.4 is 0 Å². The van der Waals surface area contributed by atoms with Gasteiger partial charge in [-0.25, -0.2) is 8.42 Å². The van der Waals surface area contributed by atoms with Gasteiger partial charge in [0.2, 0.25) is 10.0 Å². The fourth-order valence-electron chi connectivity index (χ4n) is 2.92. The first-order chi connectivity index (χ1) is 10.7. The minimum atomic E-state index is -4.72. The molecule has 2 aliphatic heterocycles. The molecule has 1 spiro atoms. The van der Waals surface area contributed by atoms with Crippen LogP contribution in [-0.2, 0) is 25.7 Å². The molecule has 2 fully saturated rings. The largest absolute Gasteiger partial charge is 0.417 e. The molecule has 2 aliphatic rings. The van der Waals surface area contributed by atoms with Crippen LogP contribution in [0.4, 0.5) is 13.2 Å². The molecule has 2 heterocycles. The Balaban J connectivity index is 1.86.